The van der Waals surface area contributed by atoms with E-state index < -0.39 is 5.54 Å². The van der Waals surface area contributed by atoms with Crippen molar-refractivity contribution in [1.82, 2.24) is 0 Å². The van der Waals surface area contributed by atoms with Crippen LogP contribution in [-0.4, -0.2) is 16.2 Å². The van der Waals surface area contributed by atoms with Gasteiger partial charge in [0.25, 0.3) is 0 Å². The van der Waals surface area contributed by atoms with Crippen LogP contribution in [-0.2, 0) is 4.79 Å². The van der Waals surface area contributed by atoms with Crippen molar-refractivity contribution >= 4 is 5.78 Å². The third-order valence-electron chi connectivity index (χ3n) is 4.35. The highest BCUT2D eigenvalue weighted by Crippen LogP contribution is 2.29. The third-order valence-corrected chi connectivity index (χ3v) is 4.35. The average molecular weight is 325 g/mol. The molecule has 0 aliphatic heterocycles. The van der Waals surface area contributed by atoms with Gasteiger partial charge in [-0.3, -0.25) is 14.9 Å². The predicted molar refractivity (Wildman–Crippen MR) is 94.7 cm³/mol. The fraction of sp³-hybridized carbons (Fsp3) is 0.350. The van der Waals surface area contributed by atoms with Crippen LogP contribution in [0.1, 0.15) is 50.2 Å². The van der Waals surface area contributed by atoms with Crippen LogP contribution in [0, 0.1) is 10.1 Å². The summed E-state index contributed by atoms with van der Waals surface area (Å²) in [6.07, 6.45) is 0.848. The molecule has 0 aliphatic rings. The first-order chi connectivity index (χ1) is 11.4. The van der Waals surface area contributed by atoms with Crippen molar-refractivity contribution in [2.45, 2.75) is 44.6 Å². The van der Waals surface area contributed by atoms with E-state index in [4.69, 9.17) is 0 Å². The Balaban J connectivity index is 2.12. The summed E-state index contributed by atoms with van der Waals surface area (Å²) in [5.41, 5.74) is 1.11. The third kappa shape index (κ3) is 4.75. The van der Waals surface area contributed by atoms with Crippen molar-refractivity contribution < 1.29 is 9.72 Å². The van der Waals surface area contributed by atoms with Crippen LogP contribution in [0.4, 0.5) is 0 Å². The van der Waals surface area contributed by atoms with Crippen molar-refractivity contribution in [3.8, 4) is 0 Å². The summed E-state index contributed by atoms with van der Waals surface area (Å²) >= 11 is 0. The van der Waals surface area contributed by atoms with Crippen LogP contribution >= 0.6 is 0 Å². The molecular formula is C20H23NO3. The topological polar surface area (TPSA) is 60.2 Å². The monoisotopic (exact) mass is 325 g/mol. The molecule has 0 radical (unpaired) electrons. The van der Waals surface area contributed by atoms with Gasteiger partial charge in [-0.15, -0.1) is 0 Å². The molecule has 0 bridgehead atoms. The SMILES string of the molecule is CC(C)(CCC(=O)CC(c1ccccc1)c1ccccc1)[N+](=O)[O-]. The fourth-order valence-corrected chi connectivity index (χ4v) is 2.67. The highest BCUT2D eigenvalue weighted by atomic mass is 16.6. The Bertz CT molecular complexity index is 641. The largest absolute Gasteiger partial charge is 0.300 e. The highest BCUT2D eigenvalue weighted by Gasteiger charge is 2.31. The standard InChI is InChI=1S/C20H23NO3/c1-20(2,21(23)24)14-13-18(22)15-19(16-9-5-3-6-10-16)17-11-7-4-8-12-17/h3-12,19H,13-15H2,1-2H3. The first-order valence-electron chi connectivity index (χ1n) is 8.16. The molecule has 2 rings (SSSR count). The summed E-state index contributed by atoms with van der Waals surface area (Å²) in [7, 11) is 0. The Morgan fingerprint density at radius 2 is 1.46 bits per heavy atom. The second-order valence-electron chi connectivity index (χ2n) is 6.69. The van der Waals surface area contributed by atoms with E-state index in [-0.39, 0.29) is 29.5 Å². The molecule has 0 fully saturated rings. The summed E-state index contributed by atoms with van der Waals surface area (Å²) in [4.78, 5) is 23.1. The van der Waals surface area contributed by atoms with E-state index >= 15 is 0 Å². The predicted octanol–water partition coefficient (Wildman–Crippen LogP) is 4.61. The molecule has 0 aromatic heterocycles. The Labute approximate surface area is 142 Å². The van der Waals surface area contributed by atoms with E-state index in [0.717, 1.165) is 11.1 Å². The van der Waals surface area contributed by atoms with Crippen molar-refractivity contribution in [3.63, 3.8) is 0 Å². The van der Waals surface area contributed by atoms with Crippen LogP contribution < -0.4 is 0 Å². The lowest BCUT2D eigenvalue weighted by molar-refractivity contribution is -0.561. The van der Waals surface area contributed by atoms with Crippen LogP contribution in [0.3, 0.4) is 0 Å². The maximum atomic E-state index is 12.4. The Morgan fingerprint density at radius 3 is 1.88 bits per heavy atom. The molecule has 0 aliphatic carbocycles. The Morgan fingerprint density at radius 1 is 1.00 bits per heavy atom. The van der Waals surface area contributed by atoms with Gasteiger partial charge in [0.05, 0.1) is 0 Å². The minimum atomic E-state index is -1.06. The summed E-state index contributed by atoms with van der Waals surface area (Å²) in [5.74, 6) is 0.0428. The van der Waals surface area contributed by atoms with Gasteiger partial charge in [-0.05, 0) is 11.1 Å². The zero-order chi connectivity index (χ0) is 17.6. The lowest BCUT2D eigenvalue weighted by atomic mass is 9.85. The molecule has 0 atom stereocenters. The molecule has 0 amide bonds. The number of nitro groups is 1. The minimum Gasteiger partial charge on any atom is -0.300 e. The number of carbonyl (C=O) groups excluding carboxylic acids is 1. The molecule has 2 aromatic carbocycles. The zero-order valence-corrected chi connectivity index (χ0v) is 14.1. The average Bonchev–Trinajstić information content (AvgIpc) is 2.59. The summed E-state index contributed by atoms with van der Waals surface area (Å²) in [6, 6.07) is 19.8. The number of Topliss-reactive ketones (excluding diaryl/α,β-unsaturated/α-hetero) is 1. The fourth-order valence-electron chi connectivity index (χ4n) is 2.67. The summed E-state index contributed by atoms with van der Waals surface area (Å²) in [6.45, 7) is 3.12. The summed E-state index contributed by atoms with van der Waals surface area (Å²) < 4.78 is 0. The number of benzene rings is 2. The van der Waals surface area contributed by atoms with Crippen molar-refractivity contribution in [3.05, 3.63) is 81.9 Å². The molecule has 126 valence electrons. The molecule has 0 unspecified atom stereocenters. The summed E-state index contributed by atoms with van der Waals surface area (Å²) in [5, 5.41) is 11.0. The molecule has 4 nitrogen and oxygen atoms in total. The van der Waals surface area contributed by atoms with Gasteiger partial charge in [0, 0.05) is 44.0 Å². The second-order valence-corrected chi connectivity index (χ2v) is 6.69. The Hall–Kier alpha value is -2.49. The van der Waals surface area contributed by atoms with E-state index in [9.17, 15) is 14.9 Å². The number of ketones is 1. The van der Waals surface area contributed by atoms with Gasteiger partial charge < -0.3 is 0 Å². The van der Waals surface area contributed by atoms with Gasteiger partial charge in [-0.25, -0.2) is 0 Å². The molecule has 0 saturated carbocycles. The molecule has 4 heteroatoms. The number of rotatable bonds is 8. The van der Waals surface area contributed by atoms with E-state index in [1.54, 1.807) is 13.8 Å². The second kappa shape index (κ2) is 7.86. The number of hydrogen-bond acceptors (Lipinski definition) is 3. The normalized spacial score (nSPS) is 11.5. The van der Waals surface area contributed by atoms with Crippen molar-refractivity contribution in [2.75, 3.05) is 0 Å². The quantitative estimate of drug-likeness (QED) is 0.526. The van der Waals surface area contributed by atoms with E-state index in [0.29, 0.717) is 6.42 Å². The molecule has 24 heavy (non-hydrogen) atoms. The van der Waals surface area contributed by atoms with Crippen molar-refractivity contribution in [1.29, 1.82) is 0 Å². The number of carbonyl (C=O) groups is 1. The first-order valence-corrected chi connectivity index (χ1v) is 8.16. The van der Waals surface area contributed by atoms with E-state index in [1.807, 2.05) is 60.7 Å². The molecule has 2 aromatic rings. The van der Waals surface area contributed by atoms with Gasteiger partial charge in [0.1, 0.15) is 5.78 Å². The van der Waals surface area contributed by atoms with E-state index in [2.05, 4.69) is 0 Å². The highest BCUT2D eigenvalue weighted by molar-refractivity contribution is 5.80. The smallest absolute Gasteiger partial charge is 0.217 e. The van der Waals surface area contributed by atoms with Crippen molar-refractivity contribution in [2.24, 2.45) is 0 Å². The maximum absolute atomic E-state index is 12.4. The minimum absolute atomic E-state index is 0.0152. The molecule has 0 heterocycles. The Kier molecular flexibility index (Phi) is 5.85. The van der Waals surface area contributed by atoms with Gasteiger partial charge in [0.15, 0.2) is 0 Å². The molecule has 0 spiro atoms. The molecular weight excluding hydrogens is 302 g/mol. The van der Waals surface area contributed by atoms with E-state index in [1.165, 1.54) is 0 Å². The first kappa shape index (κ1) is 17.9. The van der Waals surface area contributed by atoms with Gasteiger partial charge in [0.2, 0.25) is 5.54 Å². The number of nitrogens with zero attached hydrogens (tertiary/aromatic N) is 1. The lowest BCUT2D eigenvalue weighted by Gasteiger charge is -2.19. The van der Waals surface area contributed by atoms with Crippen LogP contribution in [0.25, 0.3) is 0 Å². The van der Waals surface area contributed by atoms with Gasteiger partial charge >= 0.3 is 0 Å². The maximum Gasteiger partial charge on any atom is 0.217 e. The number of hydrogen-bond donors (Lipinski definition) is 0. The lowest BCUT2D eigenvalue weighted by Crippen LogP contribution is -2.31. The molecule has 0 N–H and O–H groups in total. The van der Waals surface area contributed by atoms with Crippen LogP contribution in [0.15, 0.2) is 60.7 Å². The van der Waals surface area contributed by atoms with Crippen LogP contribution in [0.5, 0.6) is 0 Å². The van der Waals surface area contributed by atoms with Gasteiger partial charge in [-0.2, -0.15) is 0 Å². The molecule has 0 saturated heterocycles. The van der Waals surface area contributed by atoms with Gasteiger partial charge in [-0.1, -0.05) is 60.7 Å². The zero-order valence-electron chi connectivity index (χ0n) is 14.1. The van der Waals surface area contributed by atoms with Crippen LogP contribution in [0.2, 0.25) is 0 Å².